The van der Waals surface area contributed by atoms with E-state index < -0.39 is 5.97 Å². The van der Waals surface area contributed by atoms with Crippen LogP contribution in [0.15, 0.2) is 60.8 Å². The number of carbonyl (C=O) groups is 1. The van der Waals surface area contributed by atoms with Gasteiger partial charge in [-0.2, -0.15) is 5.26 Å². The van der Waals surface area contributed by atoms with Crippen molar-refractivity contribution in [2.45, 2.75) is 13.0 Å². The average molecular weight is 345 g/mol. The Morgan fingerprint density at radius 3 is 2.81 bits per heavy atom. The van der Waals surface area contributed by atoms with Gasteiger partial charge in [-0.1, -0.05) is 36.4 Å². The lowest BCUT2D eigenvalue weighted by molar-refractivity contribution is -0.136. The molecule has 26 heavy (non-hydrogen) atoms. The number of rotatable bonds is 6. The number of hydrogen-bond acceptors (Lipinski definition) is 5. The summed E-state index contributed by atoms with van der Waals surface area (Å²) in [5.41, 5.74) is 2.60. The summed E-state index contributed by atoms with van der Waals surface area (Å²) in [5, 5.41) is 17.9. The van der Waals surface area contributed by atoms with Crippen LogP contribution in [0, 0.1) is 11.3 Å². The minimum atomic E-state index is -0.905. The number of carboxylic acid groups (broad SMARTS) is 1. The fraction of sp³-hybridized carbons (Fsp3) is 0.100. The molecule has 6 nitrogen and oxygen atoms in total. The van der Waals surface area contributed by atoms with Gasteiger partial charge in [-0.05, 0) is 23.8 Å². The lowest BCUT2D eigenvalue weighted by atomic mass is 10.1. The topological polar surface area (TPSA) is 96.1 Å². The van der Waals surface area contributed by atoms with Crippen molar-refractivity contribution in [1.82, 2.24) is 9.97 Å². The molecule has 1 N–H and O–H groups in total. The van der Waals surface area contributed by atoms with E-state index >= 15 is 0 Å². The second-order valence-corrected chi connectivity index (χ2v) is 5.54. The van der Waals surface area contributed by atoms with E-state index in [2.05, 4.69) is 9.97 Å². The highest BCUT2D eigenvalue weighted by Crippen LogP contribution is 2.22. The predicted octanol–water partition coefficient (Wildman–Crippen LogP) is 3.22. The zero-order chi connectivity index (χ0) is 18.4. The van der Waals surface area contributed by atoms with Crippen LogP contribution in [0.3, 0.4) is 0 Å². The van der Waals surface area contributed by atoms with Gasteiger partial charge in [0.2, 0.25) is 0 Å². The molecule has 3 aromatic rings. The Balaban J connectivity index is 1.78. The molecule has 0 spiro atoms. The number of aromatic nitrogens is 2. The first kappa shape index (κ1) is 17.1. The summed E-state index contributed by atoms with van der Waals surface area (Å²) in [6.45, 7) is 0.280. The molecule has 1 aromatic heterocycles. The van der Waals surface area contributed by atoms with E-state index in [9.17, 15) is 4.79 Å². The average Bonchev–Trinajstić information content (AvgIpc) is 2.67. The molecular formula is C20H15N3O3. The molecule has 2 aromatic carbocycles. The molecule has 6 heteroatoms. The monoisotopic (exact) mass is 345 g/mol. The van der Waals surface area contributed by atoms with Crippen LogP contribution in [-0.4, -0.2) is 21.0 Å². The lowest BCUT2D eigenvalue weighted by Gasteiger charge is -2.11. The van der Waals surface area contributed by atoms with Crippen molar-refractivity contribution in [3.05, 3.63) is 77.6 Å². The SMILES string of the molecule is N#Cc1ccnc(-c2cccc(COc3ccccc3CC(=O)O)c2)n1. The Bertz CT molecular complexity index is 980. The zero-order valence-electron chi connectivity index (χ0n) is 13.8. The van der Waals surface area contributed by atoms with Gasteiger partial charge in [0, 0.05) is 17.3 Å². The maximum atomic E-state index is 11.0. The molecule has 0 aliphatic heterocycles. The first-order valence-corrected chi connectivity index (χ1v) is 7.90. The summed E-state index contributed by atoms with van der Waals surface area (Å²) in [4.78, 5) is 19.3. The van der Waals surface area contributed by atoms with Gasteiger partial charge in [0.25, 0.3) is 0 Å². The molecular weight excluding hydrogens is 330 g/mol. The molecule has 0 saturated carbocycles. The number of carboxylic acids is 1. The third-order valence-corrected chi connectivity index (χ3v) is 3.66. The number of para-hydroxylation sites is 1. The molecule has 0 unspecified atom stereocenters. The van der Waals surface area contributed by atoms with Gasteiger partial charge in [-0.15, -0.1) is 0 Å². The number of nitrogens with zero attached hydrogens (tertiary/aromatic N) is 3. The summed E-state index contributed by atoms with van der Waals surface area (Å²) < 4.78 is 5.80. The molecule has 0 atom stereocenters. The van der Waals surface area contributed by atoms with Crippen LogP contribution in [-0.2, 0) is 17.8 Å². The summed E-state index contributed by atoms with van der Waals surface area (Å²) in [6.07, 6.45) is 1.46. The van der Waals surface area contributed by atoms with Gasteiger partial charge in [0.05, 0.1) is 6.42 Å². The number of aliphatic carboxylic acids is 1. The van der Waals surface area contributed by atoms with Crippen LogP contribution in [0.5, 0.6) is 5.75 Å². The Kier molecular flexibility index (Phi) is 5.20. The molecule has 0 saturated heterocycles. The van der Waals surface area contributed by atoms with E-state index in [0.29, 0.717) is 22.8 Å². The zero-order valence-corrected chi connectivity index (χ0v) is 13.8. The lowest BCUT2D eigenvalue weighted by Crippen LogP contribution is -2.04. The van der Waals surface area contributed by atoms with E-state index in [1.165, 1.54) is 0 Å². The van der Waals surface area contributed by atoms with E-state index in [4.69, 9.17) is 15.1 Å². The van der Waals surface area contributed by atoms with Crippen molar-refractivity contribution in [3.63, 3.8) is 0 Å². The van der Waals surface area contributed by atoms with E-state index in [-0.39, 0.29) is 13.0 Å². The predicted molar refractivity (Wildman–Crippen MR) is 94.3 cm³/mol. The molecule has 0 fully saturated rings. The Morgan fingerprint density at radius 1 is 1.15 bits per heavy atom. The molecule has 3 rings (SSSR count). The molecule has 0 radical (unpaired) electrons. The number of hydrogen-bond donors (Lipinski definition) is 1. The van der Waals surface area contributed by atoms with Crippen molar-refractivity contribution >= 4 is 5.97 Å². The van der Waals surface area contributed by atoms with Crippen molar-refractivity contribution < 1.29 is 14.6 Å². The highest BCUT2D eigenvalue weighted by atomic mass is 16.5. The highest BCUT2D eigenvalue weighted by molar-refractivity contribution is 5.71. The molecule has 0 amide bonds. The summed E-state index contributed by atoms with van der Waals surface area (Å²) >= 11 is 0. The number of benzene rings is 2. The molecule has 1 heterocycles. The van der Waals surface area contributed by atoms with Gasteiger partial charge < -0.3 is 9.84 Å². The first-order valence-electron chi connectivity index (χ1n) is 7.90. The Hall–Kier alpha value is -3.72. The van der Waals surface area contributed by atoms with E-state index in [0.717, 1.165) is 11.1 Å². The maximum absolute atomic E-state index is 11.0. The van der Waals surface area contributed by atoms with E-state index in [1.807, 2.05) is 30.3 Å². The van der Waals surface area contributed by atoms with Crippen LogP contribution < -0.4 is 4.74 Å². The summed E-state index contributed by atoms with van der Waals surface area (Å²) in [5.74, 6) is 0.109. The van der Waals surface area contributed by atoms with Crippen LogP contribution in [0.25, 0.3) is 11.4 Å². The first-order chi connectivity index (χ1) is 12.7. The number of nitriles is 1. The van der Waals surface area contributed by atoms with Gasteiger partial charge in [-0.3, -0.25) is 4.79 Å². The van der Waals surface area contributed by atoms with Crippen LogP contribution in [0.4, 0.5) is 0 Å². The Labute approximate surface area is 150 Å². The summed E-state index contributed by atoms with van der Waals surface area (Å²) in [7, 11) is 0. The second-order valence-electron chi connectivity index (χ2n) is 5.54. The van der Waals surface area contributed by atoms with Crippen LogP contribution >= 0.6 is 0 Å². The van der Waals surface area contributed by atoms with Gasteiger partial charge >= 0.3 is 5.97 Å². The third-order valence-electron chi connectivity index (χ3n) is 3.66. The van der Waals surface area contributed by atoms with Crippen LogP contribution in [0.1, 0.15) is 16.8 Å². The van der Waals surface area contributed by atoms with Crippen molar-refractivity contribution in [3.8, 4) is 23.2 Å². The fourth-order valence-corrected chi connectivity index (χ4v) is 2.47. The number of ether oxygens (including phenoxy) is 1. The smallest absolute Gasteiger partial charge is 0.307 e. The van der Waals surface area contributed by atoms with Crippen LogP contribution in [0.2, 0.25) is 0 Å². The van der Waals surface area contributed by atoms with Crippen molar-refractivity contribution in [2.75, 3.05) is 0 Å². The molecule has 0 aliphatic carbocycles. The molecule has 0 aliphatic rings. The minimum absolute atomic E-state index is 0.0923. The quantitative estimate of drug-likeness (QED) is 0.737. The highest BCUT2D eigenvalue weighted by Gasteiger charge is 2.08. The Morgan fingerprint density at radius 2 is 2.00 bits per heavy atom. The second kappa shape index (κ2) is 7.90. The third kappa shape index (κ3) is 4.22. The van der Waals surface area contributed by atoms with Crippen molar-refractivity contribution in [1.29, 1.82) is 5.26 Å². The van der Waals surface area contributed by atoms with Crippen molar-refractivity contribution in [2.24, 2.45) is 0 Å². The van der Waals surface area contributed by atoms with Gasteiger partial charge in [0.15, 0.2) is 5.82 Å². The minimum Gasteiger partial charge on any atom is -0.489 e. The standard InChI is InChI=1S/C20H15N3O3/c21-12-17-8-9-22-20(23-17)16-6-3-4-14(10-16)13-26-18-7-2-1-5-15(18)11-19(24)25/h1-10H,11,13H2,(H,24,25). The fourth-order valence-electron chi connectivity index (χ4n) is 2.47. The van der Waals surface area contributed by atoms with E-state index in [1.54, 1.807) is 36.5 Å². The van der Waals surface area contributed by atoms with Gasteiger partial charge in [0.1, 0.15) is 24.1 Å². The maximum Gasteiger partial charge on any atom is 0.307 e. The summed E-state index contributed by atoms with van der Waals surface area (Å²) in [6, 6.07) is 18.1. The largest absolute Gasteiger partial charge is 0.489 e. The molecule has 128 valence electrons. The normalized spacial score (nSPS) is 10.1. The van der Waals surface area contributed by atoms with Gasteiger partial charge in [-0.25, -0.2) is 9.97 Å². The molecule has 0 bridgehead atoms.